The highest BCUT2D eigenvalue weighted by Crippen LogP contribution is 2.21. The van der Waals surface area contributed by atoms with Gasteiger partial charge in [-0.2, -0.15) is 4.68 Å². The van der Waals surface area contributed by atoms with Gasteiger partial charge in [0.2, 0.25) is 0 Å². The summed E-state index contributed by atoms with van der Waals surface area (Å²) in [7, 11) is 0. The summed E-state index contributed by atoms with van der Waals surface area (Å²) in [5.41, 5.74) is 8.06. The van der Waals surface area contributed by atoms with Gasteiger partial charge in [-0.05, 0) is 16.5 Å². The Labute approximate surface area is 103 Å². The zero-order chi connectivity index (χ0) is 12.4. The fourth-order valence-electron chi connectivity index (χ4n) is 1.71. The lowest BCUT2D eigenvalue weighted by atomic mass is 10.2. The molecule has 3 aromatic rings. The molecule has 0 saturated carbocycles. The minimum Gasteiger partial charge on any atom is -0.396 e. The van der Waals surface area contributed by atoms with Crippen molar-refractivity contribution in [1.29, 1.82) is 0 Å². The van der Waals surface area contributed by atoms with Crippen LogP contribution in [0.3, 0.4) is 0 Å². The van der Waals surface area contributed by atoms with Crippen molar-refractivity contribution >= 4 is 5.69 Å². The van der Waals surface area contributed by atoms with Gasteiger partial charge in [-0.25, -0.2) is 0 Å². The van der Waals surface area contributed by atoms with Gasteiger partial charge in [0.05, 0.1) is 17.6 Å². The molecule has 0 spiro atoms. The number of nitrogens with zero attached hydrogens (tertiary/aromatic N) is 5. The van der Waals surface area contributed by atoms with Crippen molar-refractivity contribution in [2.24, 2.45) is 0 Å². The third kappa shape index (κ3) is 1.69. The van der Waals surface area contributed by atoms with E-state index in [0.717, 1.165) is 5.56 Å². The molecule has 6 heteroatoms. The van der Waals surface area contributed by atoms with E-state index in [9.17, 15) is 0 Å². The molecule has 6 nitrogen and oxygen atoms in total. The van der Waals surface area contributed by atoms with Crippen LogP contribution in [0.15, 0.2) is 48.8 Å². The molecule has 1 aromatic carbocycles. The van der Waals surface area contributed by atoms with E-state index in [4.69, 9.17) is 5.73 Å². The maximum Gasteiger partial charge on any atom is 0.187 e. The first-order chi connectivity index (χ1) is 8.86. The molecule has 88 valence electrons. The Morgan fingerprint density at radius 1 is 1.06 bits per heavy atom. The molecule has 0 atom stereocenters. The molecular weight excluding hydrogens is 228 g/mol. The lowest BCUT2D eigenvalue weighted by Gasteiger charge is -2.06. The molecular formula is C12H10N6. The number of anilines is 1. The van der Waals surface area contributed by atoms with Gasteiger partial charge in [0, 0.05) is 11.8 Å². The second kappa shape index (κ2) is 4.25. The summed E-state index contributed by atoms with van der Waals surface area (Å²) in [5.74, 6) is 0.647. The van der Waals surface area contributed by atoms with Crippen LogP contribution in [-0.4, -0.2) is 25.2 Å². The van der Waals surface area contributed by atoms with Crippen molar-refractivity contribution in [1.82, 2.24) is 25.2 Å². The lowest BCUT2D eigenvalue weighted by Crippen LogP contribution is -2.04. The van der Waals surface area contributed by atoms with Crippen molar-refractivity contribution in [3.05, 3.63) is 48.8 Å². The third-order valence-electron chi connectivity index (χ3n) is 2.56. The molecule has 18 heavy (non-hydrogen) atoms. The Hall–Kier alpha value is -2.76. The number of nitrogen functional groups attached to an aromatic ring is 1. The lowest BCUT2D eigenvalue weighted by molar-refractivity contribution is 0.791. The highest BCUT2D eigenvalue weighted by atomic mass is 15.5. The van der Waals surface area contributed by atoms with Crippen LogP contribution < -0.4 is 5.73 Å². The molecule has 0 aliphatic carbocycles. The number of hydrogen-bond acceptors (Lipinski definition) is 5. The quantitative estimate of drug-likeness (QED) is 0.727. The summed E-state index contributed by atoms with van der Waals surface area (Å²) < 4.78 is 1.60. The molecule has 0 aliphatic heterocycles. The Morgan fingerprint density at radius 2 is 1.89 bits per heavy atom. The Bertz CT molecular complexity index is 661. The van der Waals surface area contributed by atoms with Crippen LogP contribution in [0.5, 0.6) is 0 Å². The van der Waals surface area contributed by atoms with Crippen molar-refractivity contribution in [3.8, 4) is 17.1 Å². The van der Waals surface area contributed by atoms with Crippen LogP contribution in [0.4, 0.5) is 5.69 Å². The molecule has 2 heterocycles. The Morgan fingerprint density at radius 3 is 2.67 bits per heavy atom. The number of aromatic nitrogens is 5. The monoisotopic (exact) mass is 238 g/mol. The van der Waals surface area contributed by atoms with Crippen LogP contribution in [0, 0.1) is 0 Å². The van der Waals surface area contributed by atoms with Crippen molar-refractivity contribution in [2.75, 3.05) is 5.73 Å². The van der Waals surface area contributed by atoms with Gasteiger partial charge < -0.3 is 5.73 Å². The van der Waals surface area contributed by atoms with Gasteiger partial charge in [0.15, 0.2) is 5.82 Å². The van der Waals surface area contributed by atoms with E-state index in [2.05, 4.69) is 20.5 Å². The van der Waals surface area contributed by atoms with Crippen molar-refractivity contribution in [3.63, 3.8) is 0 Å². The minimum atomic E-state index is 0.530. The molecule has 0 radical (unpaired) electrons. The van der Waals surface area contributed by atoms with E-state index in [1.807, 2.05) is 30.3 Å². The molecule has 0 saturated heterocycles. The number of benzene rings is 1. The molecule has 3 rings (SSSR count). The summed E-state index contributed by atoms with van der Waals surface area (Å²) >= 11 is 0. The number of rotatable bonds is 2. The largest absolute Gasteiger partial charge is 0.396 e. The topological polar surface area (TPSA) is 82.5 Å². The fraction of sp³-hybridized carbons (Fsp3) is 0. The highest BCUT2D eigenvalue weighted by molar-refractivity contribution is 5.62. The van der Waals surface area contributed by atoms with Crippen LogP contribution >= 0.6 is 0 Å². The SMILES string of the molecule is Nc1cnccc1-n1nnnc1-c1ccccc1. The van der Waals surface area contributed by atoms with Crippen molar-refractivity contribution < 1.29 is 0 Å². The molecule has 2 N–H and O–H groups in total. The maximum atomic E-state index is 5.88. The van der Waals surface area contributed by atoms with Gasteiger partial charge in [0.25, 0.3) is 0 Å². The molecule has 0 fully saturated rings. The van der Waals surface area contributed by atoms with E-state index in [1.165, 1.54) is 0 Å². The average Bonchev–Trinajstić information content (AvgIpc) is 2.89. The first kappa shape index (κ1) is 10.4. The number of tetrazole rings is 1. The van der Waals surface area contributed by atoms with Crippen LogP contribution in [0.25, 0.3) is 17.1 Å². The summed E-state index contributed by atoms with van der Waals surface area (Å²) in [6, 6.07) is 11.5. The van der Waals surface area contributed by atoms with Crippen molar-refractivity contribution in [2.45, 2.75) is 0 Å². The van der Waals surface area contributed by atoms with E-state index >= 15 is 0 Å². The predicted molar refractivity (Wildman–Crippen MR) is 66.8 cm³/mol. The summed E-state index contributed by atoms with van der Waals surface area (Å²) in [4.78, 5) is 3.95. The van der Waals surface area contributed by atoms with Gasteiger partial charge in [-0.15, -0.1) is 5.10 Å². The van der Waals surface area contributed by atoms with Gasteiger partial charge >= 0.3 is 0 Å². The normalized spacial score (nSPS) is 10.4. The molecule has 0 bridgehead atoms. The van der Waals surface area contributed by atoms with Crippen LogP contribution in [0.2, 0.25) is 0 Å². The Balaban J connectivity index is 2.16. The summed E-state index contributed by atoms with van der Waals surface area (Å²) in [6.45, 7) is 0. The predicted octanol–water partition coefficient (Wildman–Crippen LogP) is 1.31. The highest BCUT2D eigenvalue weighted by Gasteiger charge is 2.12. The van der Waals surface area contributed by atoms with Gasteiger partial charge in [-0.3, -0.25) is 4.98 Å². The van der Waals surface area contributed by atoms with E-state index in [1.54, 1.807) is 23.1 Å². The second-order valence-electron chi connectivity index (χ2n) is 3.71. The fourth-order valence-corrected chi connectivity index (χ4v) is 1.71. The average molecular weight is 238 g/mol. The van der Waals surface area contributed by atoms with E-state index in [-0.39, 0.29) is 0 Å². The van der Waals surface area contributed by atoms with Gasteiger partial charge in [0.1, 0.15) is 0 Å². The molecule has 0 aliphatic rings. The number of hydrogen-bond donors (Lipinski definition) is 1. The zero-order valence-electron chi connectivity index (χ0n) is 9.43. The smallest absolute Gasteiger partial charge is 0.187 e. The first-order valence-corrected chi connectivity index (χ1v) is 5.40. The summed E-state index contributed by atoms with van der Waals surface area (Å²) in [5, 5.41) is 11.7. The number of nitrogens with two attached hydrogens (primary N) is 1. The Kier molecular flexibility index (Phi) is 2.45. The maximum absolute atomic E-state index is 5.88. The molecule has 0 amide bonds. The first-order valence-electron chi connectivity index (χ1n) is 5.40. The number of pyridine rings is 1. The third-order valence-corrected chi connectivity index (χ3v) is 2.56. The zero-order valence-corrected chi connectivity index (χ0v) is 9.43. The molecule has 2 aromatic heterocycles. The van der Waals surface area contributed by atoms with Crippen LogP contribution in [-0.2, 0) is 0 Å². The van der Waals surface area contributed by atoms with E-state index < -0.39 is 0 Å². The van der Waals surface area contributed by atoms with Crippen LogP contribution in [0.1, 0.15) is 0 Å². The van der Waals surface area contributed by atoms with E-state index in [0.29, 0.717) is 17.2 Å². The van der Waals surface area contributed by atoms with Gasteiger partial charge in [-0.1, -0.05) is 30.3 Å². The summed E-state index contributed by atoms with van der Waals surface area (Å²) in [6.07, 6.45) is 3.23. The standard InChI is InChI=1S/C12H10N6/c13-10-8-14-7-6-11(10)18-12(15-16-17-18)9-4-2-1-3-5-9/h1-8H,13H2. The minimum absolute atomic E-state index is 0.530. The molecule has 0 unspecified atom stereocenters. The second-order valence-corrected chi connectivity index (χ2v) is 3.71.